The van der Waals surface area contributed by atoms with Crippen molar-refractivity contribution in [1.82, 2.24) is 4.57 Å². The van der Waals surface area contributed by atoms with Gasteiger partial charge in [0.25, 0.3) is 0 Å². The summed E-state index contributed by atoms with van der Waals surface area (Å²) in [6, 6.07) is 33.8. The van der Waals surface area contributed by atoms with Crippen molar-refractivity contribution in [3.05, 3.63) is 144 Å². The van der Waals surface area contributed by atoms with Gasteiger partial charge >= 0.3 is 0 Å². The van der Waals surface area contributed by atoms with Gasteiger partial charge in [0.1, 0.15) is 18.9 Å². The van der Waals surface area contributed by atoms with Crippen LogP contribution in [0.2, 0.25) is 0 Å². The fourth-order valence-electron chi connectivity index (χ4n) is 5.55. The van der Waals surface area contributed by atoms with Crippen LogP contribution in [0.15, 0.2) is 116 Å². The normalized spacial score (nSPS) is 13.3. The van der Waals surface area contributed by atoms with E-state index < -0.39 is 7.14 Å². The number of benzene rings is 4. The van der Waals surface area contributed by atoms with Crippen molar-refractivity contribution in [2.75, 3.05) is 0 Å². The van der Waals surface area contributed by atoms with Gasteiger partial charge in [-0.2, -0.15) is 0 Å². The van der Waals surface area contributed by atoms with Gasteiger partial charge < -0.3 is 4.57 Å². The predicted molar refractivity (Wildman–Crippen MR) is 152 cm³/mol. The lowest BCUT2D eigenvalue weighted by Gasteiger charge is -2.24. The van der Waals surface area contributed by atoms with E-state index in [1.165, 1.54) is 27.8 Å². The van der Waals surface area contributed by atoms with Crippen LogP contribution >= 0.6 is 7.14 Å². The van der Waals surface area contributed by atoms with Gasteiger partial charge in [-0.3, -0.25) is 0 Å². The van der Waals surface area contributed by atoms with Gasteiger partial charge in [0.15, 0.2) is 7.14 Å². The van der Waals surface area contributed by atoms with E-state index in [4.69, 9.17) is 0 Å². The molecular formula is C33H32N2OP+. The van der Waals surface area contributed by atoms with Crippen molar-refractivity contribution in [2.45, 2.75) is 32.2 Å². The third kappa shape index (κ3) is 4.72. The molecule has 0 amide bonds. The van der Waals surface area contributed by atoms with Gasteiger partial charge in [-0.15, -0.1) is 0 Å². The Labute approximate surface area is 219 Å². The van der Waals surface area contributed by atoms with Crippen LogP contribution in [-0.2, 0) is 43.8 Å². The zero-order valence-corrected chi connectivity index (χ0v) is 22.1. The number of aryl methyl sites for hydroxylation is 5. The first-order valence-electron chi connectivity index (χ1n) is 13.0. The number of imidazole rings is 1. The molecule has 184 valence electrons. The molecule has 5 aromatic rings. The molecule has 0 fully saturated rings. The van der Waals surface area contributed by atoms with Crippen molar-refractivity contribution >= 4 is 23.1 Å². The molecule has 4 aliphatic carbocycles. The molecule has 0 N–H and O–H groups in total. The lowest BCUT2D eigenvalue weighted by atomic mass is 9.93. The minimum Gasteiger partial charge on any atom is -0.309 e. The van der Waals surface area contributed by atoms with Crippen LogP contribution in [0.25, 0.3) is 0 Å². The highest BCUT2D eigenvalue weighted by Crippen LogP contribution is 2.44. The Morgan fingerprint density at radius 3 is 1.95 bits per heavy atom. The number of nitrogens with zero attached hydrogens (tertiary/aromatic N) is 2. The highest BCUT2D eigenvalue weighted by atomic mass is 31.2. The van der Waals surface area contributed by atoms with Crippen molar-refractivity contribution < 1.29 is 9.13 Å². The quantitative estimate of drug-likeness (QED) is 0.248. The zero-order chi connectivity index (χ0) is 25.2. The second kappa shape index (κ2) is 10.00. The average molecular weight is 504 g/mol. The SMILES string of the molecule is C[n+]1ccn(Cc2cc3ccc2CCc2ccc(c(P(=O)(c4ccccc4)c4ccccc4)c2)CC3)c1. The largest absolute Gasteiger partial charge is 0.309 e. The summed E-state index contributed by atoms with van der Waals surface area (Å²) in [4.78, 5) is 0. The second-order valence-corrected chi connectivity index (χ2v) is 12.8. The molecule has 0 radical (unpaired) electrons. The smallest absolute Gasteiger partial charge is 0.243 e. The van der Waals surface area contributed by atoms with Gasteiger partial charge in [0, 0.05) is 15.9 Å². The summed E-state index contributed by atoms with van der Waals surface area (Å²) in [5, 5.41) is 2.80. The molecule has 1 heterocycles. The van der Waals surface area contributed by atoms with Crippen molar-refractivity contribution in [1.29, 1.82) is 0 Å². The van der Waals surface area contributed by atoms with E-state index >= 15 is 4.57 Å². The summed E-state index contributed by atoms with van der Waals surface area (Å²) in [5.74, 6) is 0. The maximum atomic E-state index is 15.2. The number of aromatic nitrogens is 2. The van der Waals surface area contributed by atoms with Crippen LogP contribution in [0.5, 0.6) is 0 Å². The topological polar surface area (TPSA) is 25.9 Å². The summed E-state index contributed by atoms with van der Waals surface area (Å²) in [7, 11) is -0.963. The first-order valence-corrected chi connectivity index (χ1v) is 14.8. The molecule has 0 atom stereocenters. The average Bonchev–Trinajstić information content (AvgIpc) is 3.35. The molecule has 0 unspecified atom stereocenters. The van der Waals surface area contributed by atoms with Gasteiger partial charge in [-0.1, -0.05) is 91.0 Å². The predicted octanol–water partition coefficient (Wildman–Crippen LogP) is 4.88. The Balaban J connectivity index is 1.43. The molecule has 9 rings (SSSR count). The molecule has 4 aliphatic rings. The van der Waals surface area contributed by atoms with Crippen LogP contribution in [0.3, 0.4) is 0 Å². The minimum absolute atomic E-state index is 0.858. The Morgan fingerprint density at radius 1 is 0.730 bits per heavy atom. The van der Waals surface area contributed by atoms with Crippen LogP contribution in [0.4, 0.5) is 0 Å². The summed E-state index contributed by atoms with van der Waals surface area (Å²) in [5.41, 5.74) is 6.54. The van der Waals surface area contributed by atoms with E-state index in [1.54, 1.807) is 0 Å². The van der Waals surface area contributed by atoms with E-state index in [-0.39, 0.29) is 0 Å². The maximum Gasteiger partial charge on any atom is 0.243 e. The molecule has 0 spiro atoms. The first-order chi connectivity index (χ1) is 18.1. The fourth-order valence-corrected chi connectivity index (χ4v) is 8.53. The van der Waals surface area contributed by atoms with Crippen LogP contribution < -0.4 is 20.5 Å². The van der Waals surface area contributed by atoms with Crippen molar-refractivity contribution in [3.8, 4) is 0 Å². The van der Waals surface area contributed by atoms with Crippen LogP contribution in [0.1, 0.15) is 27.8 Å². The Morgan fingerprint density at radius 2 is 1.32 bits per heavy atom. The number of hydrogen-bond acceptors (Lipinski definition) is 1. The van der Waals surface area contributed by atoms with Crippen LogP contribution in [-0.4, -0.2) is 4.57 Å². The second-order valence-electron chi connectivity index (χ2n) is 10.1. The molecule has 37 heavy (non-hydrogen) atoms. The van der Waals surface area contributed by atoms with E-state index in [0.717, 1.165) is 48.1 Å². The summed E-state index contributed by atoms with van der Waals surface area (Å²) >= 11 is 0. The third-order valence-electron chi connectivity index (χ3n) is 7.54. The Kier molecular flexibility index (Phi) is 6.40. The Hall–Kier alpha value is -3.68. The molecule has 0 aliphatic heterocycles. The summed E-state index contributed by atoms with van der Waals surface area (Å²) in [6.45, 7) is 0.879. The highest BCUT2D eigenvalue weighted by molar-refractivity contribution is 7.85. The first kappa shape index (κ1) is 23.7. The molecule has 0 saturated carbocycles. The standard InChI is InChI=1S/C33H32N2OP/c1-34-20-21-35(25-34)24-30-22-26-12-16-28(30)17-13-27-15-19-29(18-14-26)33(23-27)37(36,31-8-4-2-5-9-31)32-10-6-3-7-11-32/h2-12,15-16,19-23,25H,13-14,17-18,24H2,1H3/q+1. The molecule has 4 aromatic carbocycles. The minimum atomic E-state index is -3.02. The lowest BCUT2D eigenvalue weighted by Crippen LogP contribution is -2.28. The van der Waals surface area contributed by atoms with E-state index in [0.29, 0.717) is 0 Å². The van der Waals surface area contributed by atoms with Crippen molar-refractivity contribution in [3.63, 3.8) is 0 Å². The van der Waals surface area contributed by atoms with Crippen LogP contribution in [0, 0.1) is 0 Å². The van der Waals surface area contributed by atoms with Gasteiger partial charge in [-0.05, 0) is 59.6 Å². The third-order valence-corrected chi connectivity index (χ3v) is 10.7. The fraction of sp³-hybridized carbons (Fsp3) is 0.182. The molecule has 1 aromatic heterocycles. The number of hydrogen-bond donors (Lipinski definition) is 0. The van der Waals surface area contributed by atoms with Gasteiger partial charge in [-0.25, -0.2) is 9.13 Å². The molecule has 0 saturated heterocycles. The van der Waals surface area contributed by atoms with Gasteiger partial charge in [0.2, 0.25) is 6.33 Å². The van der Waals surface area contributed by atoms with E-state index in [2.05, 4.69) is 71.3 Å². The number of rotatable bonds is 5. The van der Waals surface area contributed by atoms with Crippen molar-refractivity contribution in [2.24, 2.45) is 7.05 Å². The van der Waals surface area contributed by atoms with E-state index in [1.807, 2.05) is 60.7 Å². The Bertz CT molecular complexity index is 1540. The lowest BCUT2D eigenvalue weighted by molar-refractivity contribution is -0.671. The summed E-state index contributed by atoms with van der Waals surface area (Å²) < 4.78 is 19.5. The molecular weight excluding hydrogens is 471 g/mol. The highest BCUT2D eigenvalue weighted by Gasteiger charge is 2.32. The monoisotopic (exact) mass is 503 g/mol. The molecule has 4 heteroatoms. The van der Waals surface area contributed by atoms with Gasteiger partial charge in [0.05, 0.1) is 7.05 Å². The molecule has 3 nitrogen and oxygen atoms in total. The maximum absolute atomic E-state index is 15.2. The summed E-state index contributed by atoms with van der Waals surface area (Å²) in [6.07, 6.45) is 10.0. The zero-order valence-electron chi connectivity index (χ0n) is 21.3. The van der Waals surface area contributed by atoms with E-state index in [9.17, 15) is 0 Å². The molecule has 4 bridgehead atoms.